The normalized spacial score (nSPS) is 13.8. The fraction of sp³-hybridized carbons (Fsp3) is 0.333. The van der Waals surface area contributed by atoms with E-state index in [9.17, 15) is 4.79 Å². The molecule has 0 aliphatic rings. The topological polar surface area (TPSA) is 46.9 Å². The van der Waals surface area contributed by atoms with E-state index in [1.807, 2.05) is 62.0 Å². The van der Waals surface area contributed by atoms with Crippen LogP contribution >= 0.6 is 11.8 Å². The molecule has 0 fully saturated rings. The van der Waals surface area contributed by atoms with Crippen LogP contribution < -0.4 is 5.32 Å². The lowest BCUT2D eigenvalue weighted by molar-refractivity contribution is -0.120. The smallest absolute Gasteiger partial charge is 0.233 e. The van der Waals surface area contributed by atoms with Gasteiger partial charge in [-0.25, -0.2) is 4.98 Å². The molecule has 4 nitrogen and oxygen atoms in total. The van der Waals surface area contributed by atoms with Gasteiger partial charge in [0.05, 0.1) is 11.3 Å². The molecule has 1 amide bonds. The first-order valence-electron chi connectivity index (χ1n) is 6.57. The van der Waals surface area contributed by atoms with Gasteiger partial charge >= 0.3 is 0 Å². The molecule has 2 rings (SSSR count). The lowest BCUT2D eigenvalue weighted by Crippen LogP contribution is -2.33. The molecule has 2 aromatic rings. The van der Waals surface area contributed by atoms with Crippen molar-refractivity contribution in [2.24, 2.45) is 7.05 Å². The minimum Gasteiger partial charge on any atom is -0.349 e. The third kappa shape index (κ3) is 3.63. The molecule has 0 aliphatic heterocycles. The van der Waals surface area contributed by atoms with Crippen molar-refractivity contribution < 1.29 is 4.79 Å². The van der Waals surface area contributed by atoms with Crippen LogP contribution in [0.5, 0.6) is 0 Å². The predicted octanol–water partition coefficient (Wildman–Crippen LogP) is 2.78. The van der Waals surface area contributed by atoms with E-state index in [-0.39, 0.29) is 17.2 Å². The molecule has 1 heterocycles. The second-order valence-electron chi connectivity index (χ2n) is 4.72. The zero-order valence-electron chi connectivity index (χ0n) is 11.9. The second kappa shape index (κ2) is 6.61. The van der Waals surface area contributed by atoms with Gasteiger partial charge in [-0.1, -0.05) is 42.1 Å². The lowest BCUT2D eigenvalue weighted by atomic mass is 10.1. The molecule has 1 aromatic carbocycles. The number of carbonyl (C=O) groups excluding carboxylic acids is 1. The third-order valence-corrected chi connectivity index (χ3v) is 4.26. The monoisotopic (exact) mass is 289 g/mol. The molecular weight excluding hydrogens is 270 g/mol. The summed E-state index contributed by atoms with van der Waals surface area (Å²) in [4.78, 5) is 16.4. The highest BCUT2D eigenvalue weighted by Gasteiger charge is 2.18. The maximum Gasteiger partial charge on any atom is 0.233 e. The Morgan fingerprint density at radius 1 is 1.30 bits per heavy atom. The van der Waals surface area contributed by atoms with E-state index < -0.39 is 0 Å². The first-order valence-corrected chi connectivity index (χ1v) is 7.45. The molecule has 0 radical (unpaired) electrons. The van der Waals surface area contributed by atoms with Gasteiger partial charge < -0.3 is 9.88 Å². The second-order valence-corrected chi connectivity index (χ2v) is 6.03. The zero-order valence-corrected chi connectivity index (χ0v) is 12.7. The maximum absolute atomic E-state index is 12.2. The first kappa shape index (κ1) is 14.7. The molecule has 106 valence electrons. The highest BCUT2D eigenvalue weighted by molar-refractivity contribution is 8.00. The van der Waals surface area contributed by atoms with Crippen molar-refractivity contribution in [3.05, 3.63) is 48.3 Å². The number of benzene rings is 1. The first-order chi connectivity index (χ1) is 9.58. The number of rotatable bonds is 5. The van der Waals surface area contributed by atoms with Gasteiger partial charge in [-0.3, -0.25) is 4.79 Å². The number of imidazole rings is 1. The average molecular weight is 289 g/mol. The fourth-order valence-electron chi connectivity index (χ4n) is 1.83. The van der Waals surface area contributed by atoms with Gasteiger partial charge in [0.25, 0.3) is 0 Å². The van der Waals surface area contributed by atoms with Crippen molar-refractivity contribution in [1.29, 1.82) is 0 Å². The Balaban J connectivity index is 1.93. The third-order valence-electron chi connectivity index (χ3n) is 3.09. The average Bonchev–Trinajstić information content (AvgIpc) is 2.85. The van der Waals surface area contributed by atoms with Crippen molar-refractivity contribution in [2.75, 3.05) is 0 Å². The molecule has 0 unspecified atom stereocenters. The minimum atomic E-state index is -0.178. The molecule has 0 aliphatic carbocycles. The van der Waals surface area contributed by atoms with E-state index in [1.54, 1.807) is 6.20 Å². The van der Waals surface area contributed by atoms with Gasteiger partial charge in [0.1, 0.15) is 0 Å². The van der Waals surface area contributed by atoms with Crippen LogP contribution in [0.15, 0.2) is 47.9 Å². The van der Waals surface area contributed by atoms with Crippen molar-refractivity contribution in [2.45, 2.75) is 30.3 Å². The summed E-state index contributed by atoms with van der Waals surface area (Å²) in [6.07, 6.45) is 3.61. The predicted molar refractivity (Wildman–Crippen MR) is 81.5 cm³/mol. The van der Waals surface area contributed by atoms with E-state index in [4.69, 9.17) is 0 Å². The van der Waals surface area contributed by atoms with Gasteiger partial charge in [-0.15, -0.1) is 0 Å². The Labute approximate surface area is 123 Å². The van der Waals surface area contributed by atoms with E-state index >= 15 is 0 Å². The number of aryl methyl sites for hydroxylation is 1. The van der Waals surface area contributed by atoms with Crippen LogP contribution in [0.1, 0.15) is 25.5 Å². The molecule has 20 heavy (non-hydrogen) atoms. The largest absolute Gasteiger partial charge is 0.349 e. The number of amides is 1. The number of hydrogen-bond donors (Lipinski definition) is 1. The Kier molecular flexibility index (Phi) is 4.84. The van der Waals surface area contributed by atoms with Crippen LogP contribution in [0.2, 0.25) is 0 Å². The van der Waals surface area contributed by atoms with E-state index in [2.05, 4.69) is 10.3 Å². The lowest BCUT2D eigenvalue weighted by Gasteiger charge is -2.17. The number of thioether (sulfide) groups is 1. The summed E-state index contributed by atoms with van der Waals surface area (Å²) in [6.45, 7) is 3.89. The Morgan fingerprint density at radius 2 is 2.00 bits per heavy atom. The van der Waals surface area contributed by atoms with Crippen LogP contribution in [-0.2, 0) is 11.8 Å². The van der Waals surface area contributed by atoms with E-state index in [0.29, 0.717) is 0 Å². The molecule has 0 spiro atoms. The summed E-state index contributed by atoms with van der Waals surface area (Å²) in [5.74, 6) is 0.0225. The van der Waals surface area contributed by atoms with Gasteiger partial charge in [0.2, 0.25) is 5.91 Å². The molecule has 5 heteroatoms. The van der Waals surface area contributed by atoms with Gasteiger partial charge in [-0.05, 0) is 19.4 Å². The highest BCUT2D eigenvalue weighted by atomic mass is 32.2. The number of nitrogens with one attached hydrogen (secondary N) is 1. The molecule has 2 atom stereocenters. The summed E-state index contributed by atoms with van der Waals surface area (Å²) in [5.41, 5.74) is 1.11. The van der Waals surface area contributed by atoms with Gasteiger partial charge in [-0.2, -0.15) is 0 Å². The molecule has 1 aromatic heterocycles. The molecule has 0 saturated carbocycles. The van der Waals surface area contributed by atoms with Crippen LogP contribution in [0.25, 0.3) is 0 Å². The maximum atomic E-state index is 12.2. The minimum absolute atomic E-state index is 0.00752. The van der Waals surface area contributed by atoms with Crippen molar-refractivity contribution in [3.8, 4) is 0 Å². The van der Waals surface area contributed by atoms with E-state index in [1.165, 1.54) is 11.8 Å². The van der Waals surface area contributed by atoms with Crippen molar-refractivity contribution in [1.82, 2.24) is 14.9 Å². The number of hydrogen-bond acceptors (Lipinski definition) is 3. The van der Waals surface area contributed by atoms with Crippen LogP contribution in [0.4, 0.5) is 0 Å². The highest BCUT2D eigenvalue weighted by Crippen LogP contribution is 2.21. The Hall–Kier alpha value is -1.75. The van der Waals surface area contributed by atoms with Crippen molar-refractivity contribution >= 4 is 17.7 Å². The SMILES string of the molecule is C[C@@H](Sc1nccn1C)C(=O)N[C@H](C)c1ccccc1. The molecule has 1 N–H and O–H groups in total. The van der Waals surface area contributed by atoms with Gasteiger partial charge in [0, 0.05) is 19.4 Å². The molecule has 0 saturated heterocycles. The summed E-state index contributed by atoms with van der Waals surface area (Å²) in [7, 11) is 1.92. The Morgan fingerprint density at radius 3 is 2.60 bits per heavy atom. The van der Waals surface area contributed by atoms with Crippen molar-refractivity contribution in [3.63, 3.8) is 0 Å². The Bertz CT molecular complexity index is 568. The summed E-state index contributed by atoms with van der Waals surface area (Å²) < 4.78 is 1.91. The quantitative estimate of drug-likeness (QED) is 0.861. The molecule has 0 bridgehead atoms. The standard InChI is InChI=1S/C15H19N3OS/c1-11(13-7-5-4-6-8-13)17-14(19)12(2)20-15-16-9-10-18(15)3/h4-12H,1-3H3,(H,17,19)/t11-,12-/m1/s1. The summed E-state index contributed by atoms with van der Waals surface area (Å²) >= 11 is 1.46. The van der Waals surface area contributed by atoms with Gasteiger partial charge in [0.15, 0.2) is 5.16 Å². The molecular formula is C15H19N3OS. The number of aromatic nitrogens is 2. The summed E-state index contributed by atoms with van der Waals surface area (Å²) in [5, 5.41) is 3.70. The van der Waals surface area contributed by atoms with Crippen LogP contribution in [0, 0.1) is 0 Å². The zero-order chi connectivity index (χ0) is 14.5. The summed E-state index contributed by atoms with van der Waals surface area (Å²) in [6, 6.07) is 9.96. The van der Waals surface area contributed by atoms with Crippen LogP contribution in [0.3, 0.4) is 0 Å². The number of nitrogens with zero attached hydrogens (tertiary/aromatic N) is 2. The fourth-order valence-corrected chi connectivity index (χ4v) is 2.67. The van der Waals surface area contributed by atoms with Crippen LogP contribution in [-0.4, -0.2) is 20.7 Å². The number of carbonyl (C=O) groups is 1. The van der Waals surface area contributed by atoms with E-state index in [0.717, 1.165) is 10.7 Å².